The van der Waals surface area contributed by atoms with Gasteiger partial charge in [-0.1, -0.05) is 29.8 Å². The number of anilines is 2. The van der Waals surface area contributed by atoms with Crippen LogP contribution >= 0.6 is 11.8 Å². The molecule has 152 valence electrons. The van der Waals surface area contributed by atoms with E-state index in [4.69, 9.17) is 5.73 Å². The number of nitrogens with one attached hydrogen (secondary N) is 1. The quantitative estimate of drug-likeness (QED) is 0.578. The lowest BCUT2D eigenvalue weighted by Crippen LogP contribution is -2.21. The number of nitrogens with zero attached hydrogens (tertiary/aromatic N) is 2. The van der Waals surface area contributed by atoms with Crippen molar-refractivity contribution in [2.45, 2.75) is 28.3 Å². The molecule has 2 aromatic carbocycles. The molecule has 0 aliphatic rings. The smallest absolute Gasteiger partial charge is 0.246 e. The molecule has 7 nitrogen and oxygen atoms in total. The lowest BCUT2D eigenvalue weighted by atomic mass is 10.2. The summed E-state index contributed by atoms with van der Waals surface area (Å²) in [5.74, 6) is -1.32. The molecule has 1 heterocycles. The Morgan fingerprint density at radius 3 is 2.48 bits per heavy atom. The zero-order valence-corrected chi connectivity index (χ0v) is 17.3. The third-order valence-corrected chi connectivity index (χ3v) is 6.79. The van der Waals surface area contributed by atoms with E-state index in [0.717, 1.165) is 22.0 Å². The summed E-state index contributed by atoms with van der Waals surface area (Å²) in [6, 6.07) is 12.1. The summed E-state index contributed by atoms with van der Waals surface area (Å²) in [4.78, 5) is 12.2. The van der Waals surface area contributed by atoms with Crippen LogP contribution in [-0.4, -0.2) is 30.4 Å². The first-order valence-corrected chi connectivity index (χ1v) is 11.2. The molecule has 3 rings (SSSR count). The third kappa shape index (κ3) is 4.28. The lowest BCUT2D eigenvalue weighted by molar-refractivity contribution is -0.116. The Morgan fingerprint density at radius 2 is 1.86 bits per heavy atom. The van der Waals surface area contributed by atoms with Gasteiger partial charge in [0.05, 0.1) is 10.6 Å². The summed E-state index contributed by atoms with van der Waals surface area (Å²) < 4.78 is 41.0. The van der Waals surface area contributed by atoms with E-state index < -0.39 is 21.6 Å². The second kappa shape index (κ2) is 8.26. The molecule has 0 fully saturated rings. The van der Waals surface area contributed by atoms with Gasteiger partial charge in [-0.05, 0) is 37.4 Å². The Kier molecular flexibility index (Phi) is 5.94. The number of sulfone groups is 1. The van der Waals surface area contributed by atoms with E-state index in [0.29, 0.717) is 0 Å². The number of thioether (sulfide) groups is 1. The van der Waals surface area contributed by atoms with Crippen LogP contribution in [0.25, 0.3) is 0 Å². The predicted molar refractivity (Wildman–Crippen MR) is 110 cm³/mol. The molecule has 0 saturated carbocycles. The van der Waals surface area contributed by atoms with Crippen LogP contribution in [0.1, 0.15) is 5.56 Å². The van der Waals surface area contributed by atoms with Gasteiger partial charge in [0.2, 0.25) is 15.7 Å². The molecule has 1 aromatic heterocycles. The van der Waals surface area contributed by atoms with Crippen molar-refractivity contribution in [1.29, 1.82) is 0 Å². The number of halogens is 1. The predicted octanol–water partition coefficient (Wildman–Crippen LogP) is 3.11. The van der Waals surface area contributed by atoms with E-state index >= 15 is 0 Å². The summed E-state index contributed by atoms with van der Waals surface area (Å²) in [6.07, 6.45) is 1.67. The summed E-state index contributed by atoms with van der Waals surface area (Å²) in [6.45, 7) is 1.49. The number of nitrogens with two attached hydrogens (primary N) is 1. The topological polar surface area (TPSA) is 107 Å². The molecule has 0 atom stereocenters. The van der Waals surface area contributed by atoms with Crippen LogP contribution in [0.15, 0.2) is 63.3 Å². The highest BCUT2D eigenvalue weighted by molar-refractivity contribution is 7.99. The summed E-state index contributed by atoms with van der Waals surface area (Å²) >= 11 is 1.11. The largest absolute Gasteiger partial charge is 0.383 e. The van der Waals surface area contributed by atoms with Gasteiger partial charge in [0.1, 0.15) is 28.1 Å². The summed E-state index contributed by atoms with van der Waals surface area (Å²) in [5, 5.41) is 6.77. The molecule has 0 unspecified atom stereocenters. The first-order valence-electron chi connectivity index (χ1n) is 8.50. The van der Waals surface area contributed by atoms with Crippen LogP contribution in [0.3, 0.4) is 0 Å². The molecule has 3 N–H and O–H groups in total. The lowest BCUT2D eigenvalue weighted by Gasteiger charge is -2.08. The Morgan fingerprint density at radius 1 is 1.21 bits per heavy atom. The van der Waals surface area contributed by atoms with E-state index in [1.165, 1.54) is 30.3 Å². The molecule has 0 bridgehead atoms. The van der Waals surface area contributed by atoms with E-state index in [9.17, 15) is 17.6 Å². The van der Waals surface area contributed by atoms with Crippen molar-refractivity contribution in [3.63, 3.8) is 0 Å². The zero-order chi connectivity index (χ0) is 21.2. The number of aromatic nitrogens is 2. The number of hydrogen-bond acceptors (Lipinski definition) is 6. The van der Waals surface area contributed by atoms with Crippen LogP contribution in [0.4, 0.5) is 15.9 Å². The number of rotatable bonds is 6. The molecule has 0 radical (unpaired) electrons. The Hall–Kier alpha value is -2.85. The SMILES string of the molecule is CSc1nn(CC(=O)Nc2ccccc2F)c(N)c1S(=O)(=O)c1ccc(C)cc1. The van der Waals surface area contributed by atoms with E-state index in [-0.39, 0.29) is 32.9 Å². The fourth-order valence-corrected chi connectivity index (χ4v) is 5.10. The first-order chi connectivity index (χ1) is 13.7. The first kappa shape index (κ1) is 20.9. The maximum Gasteiger partial charge on any atom is 0.246 e. The molecule has 0 saturated heterocycles. The fourth-order valence-electron chi connectivity index (χ4n) is 2.67. The molecule has 0 aliphatic carbocycles. The van der Waals surface area contributed by atoms with Gasteiger partial charge < -0.3 is 11.1 Å². The highest BCUT2D eigenvalue weighted by Crippen LogP contribution is 2.34. The van der Waals surface area contributed by atoms with Gasteiger partial charge in [0.25, 0.3) is 0 Å². The molecular formula is C19H19FN4O3S2. The maximum atomic E-state index is 13.7. The van der Waals surface area contributed by atoms with Gasteiger partial charge in [-0.15, -0.1) is 11.8 Å². The Balaban J connectivity index is 1.93. The number of nitrogen functional groups attached to an aromatic ring is 1. The second-order valence-electron chi connectivity index (χ2n) is 6.23. The number of amides is 1. The number of carbonyl (C=O) groups excluding carboxylic acids is 1. The minimum atomic E-state index is -3.93. The van der Waals surface area contributed by atoms with Crippen molar-refractivity contribution < 1.29 is 17.6 Å². The zero-order valence-electron chi connectivity index (χ0n) is 15.7. The van der Waals surface area contributed by atoms with Crippen molar-refractivity contribution in [1.82, 2.24) is 9.78 Å². The van der Waals surface area contributed by atoms with Crippen molar-refractivity contribution in [2.24, 2.45) is 0 Å². The van der Waals surface area contributed by atoms with Gasteiger partial charge in [0, 0.05) is 0 Å². The molecular weight excluding hydrogens is 415 g/mol. The van der Waals surface area contributed by atoms with Gasteiger partial charge in [-0.2, -0.15) is 5.10 Å². The monoisotopic (exact) mass is 434 g/mol. The van der Waals surface area contributed by atoms with Crippen LogP contribution in [0.2, 0.25) is 0 Å². The summed E-state index contributed by atoms with van der Waals surface area (Å²) in [7, 11) is -3.93. The number of benzene rings is 2. The van der Waals surface area contributed by atoms with Gasteiger partial charge in [0.15, 0.2) is 0 Å². The third-order valence-electron chi connectivity index (χ3n) is 4.15. The maximum absolute atomic E-state index is 13.7. The van der Waals surface area contributed by atoms with Crippen molar-refractivity contribution in [3.8, 4) is 0 Å². The molecule has 10 heteroatoms. The van der Waals surface area contributed by atoms with E-state index in [2.05, 4.69) is 10.4 Å². The van der Waals surface area contributed by atoms with Crippen molar-refractivity contribution in [3.05, 3.63) is 59.9 Å². The van der Waals surface area contributed by atoms with Gasteiger partial charge in [-0.25, -0.2) is 17.5 Å². The van der Waals surface area contributed by atoms with Crippen LogP contribution < -0.4 is 11.1 Å². The number of hydrogen-bond donors (Lipinski definition) is 2. The number of para-hydroxylation sites is 1. The average molecular weight is 435 g/mol. The minimum Gasteiger partial charge on any atom is -0.383 e. The van der Waals surface area contributed by atoms with Crippen molar-refractivity contribution in [2.75, 3.05) is 17.3 Å². The van der Waals surface area contributed by atoms with Crippen LogP contribution in [0.5, 0.6) is 0 Å². The fraction of sp³-hybridized carbons (Fsp3) is 0.158. The highest BCUT2D eigenvalue weighted by Gasteiger charge is 2.29. The van der Waals surface area contributed by atoms with Gasteiger partial charge in [-0.3, -0.25) is 4.79 Å². The Bertz CT molecular complexity index is 1160. The normalized spacial score (nSPS) is 11.4. The Labute approximate surface area is 172 Å². The number of carbonyl (C=O) groups is 1. The molecule has 29 heavy (non-hydrogen) atoms. The van der Waals surface area contributed by atoms with Crippen LogP contribution in [0, 0.1) is 12.7 Å². The minimum absolute atomic E-state index is 0.0146. The van der Waals surface area contributed by atoms with Crippen LogP contribution in [-0.2, 0) is 21.2 Å². The average Bonchev–Trinajstić information content (AvgIpc) is 3.00. The number of aryl methyl sites for hydroxylation is 1. The molecule has 3 aromatic rings. The van der Waals surface area contributed by atoms with Crippen molar-refractivity contribution >= 4 is 39.0 Å². The van der Waals surface area contributed by atoms with Gasteiger partial charge >= 0.3 is 0 Å². The van der Waals surface area contributed by atoms with E-state index in [1.807, 2.05) is 6.92 Å². The second-order valence-corrected chi connectivity index (χ2v) is 8.91. The molecule has 1 amide bonds. The molecule has 0 spiro atoms. The molecule has 0 aliphatic heterocycles. The van der Waals surface area contributed by atoms with E-state index in [1.54, 1.807) is 24.5 Å². The summed E-state index contributed by atoms with van der Waals surface area (Å²) in [5.41, 5.74) is 6.99. The standard InChI is InChI=1S/C19H19FN4O3S2/c1-12-7-9-13(10-8-12)29(26,27)17-18(21)24(23-19(17)28-2)11-16(25)22-15-6-4-3-5-14(15)20/h3-10H,11,21H2,1-2H3,(H,22,25). The highest BCUT2D eigenvalue weighted by atomic mass is 32.2.